The summed E-state index contributed by atoms with van der Waals surface area (Å²) in [6.45, 7) is 0. The summed E-state index contributed by atoms with van der Waals surface area (Å²) in [5, 5.41) is 16.3. The summed E-state index contributed by atoms with van der Waals surface area (Å²) in [6, 6.07) is 14.6. The zero-order valence-corrected chi connectivity index (χ0v) is 10.6. The lowest BCUT2D eigenvalue weighted by atomic mass is 10.1. The summed E-state index contributed by atoms with van der Waals surface area (Å²) in [5.41, 5.74) is 14.3. The second-order valence-corrected chi connectivity index (χ2v) is 4.22. The monoisotopic (exact) mass is 280 g/mol. The van der Waals surface area contributed by atoms with Crippen LogP contribution in [0.25, 0.3) is 22.8 Å². The van der Waals surface area contributed by atoms with Crippen molar-refractivity contribution in [2.75, 3.05) is 11.5 Å². The standard InChI is InChI=1S/C14H12N6.CH4/c15-11-7-3-1-5-9(11)13-17-19-14(20-18-13)10-6-2-4-8-12(10)16;/h1-8H,15-16H2;1H4. The van der Waals surface area contributed by atoms with Gasteiger partial charge in [-0.25, -0.2) is 0 Å². The van der Waals surface area contributed by atoms with Crippen molar-refractivity contribution in [1.82, 2.24) is 20.4 Å². The molecule has 0 unspecified atom stereocenters. The van der Waals surface area contributed by atoms with Crippen LogP contribution >= 0.6 is 0 Å². The van der Waals surface area contributed by atoms with E-state index in [9.17, 15) is 0 Å². The Morgan fingerprint density at radius 3 is 1.24 bits per heavy atom. The van der Waals surface area contributed by atoms with E-state index in [0.717, 1.165) is 0 Å². The van der Waals surface area contributed by atoms with Crippen LogP contribution in [0.4, 0.5) is 11.4 Å². The van der Waals surface area contributed by atoms with E-state index in [1.54, 1.807) is 12.1 Å². The summed E-state index contributed by atoms with van der Waals surface area (Å²) < 4.78 is 0. The first-order valence-electron chi connectivity index (χ1n) is 6.03. The highest BCUT2D eigenvalue weighted by molar-refractivity contribution is 5.72. The average molecular weight is 280 g/mol. The predicted octanol–water partition coefficient (Wildman–Crippen LogP) is 2.40. The molecule has 0 radical (unpaired) electrons. The third-order valence-corrected chi connectivity index (χ3v) is 2.88. The first kappa shape index (κ1) is 14.4. The number of nitrogens with zero attached hydrogens (tertiary/aromatic N) is 4. The van der Waals surface area contributed by atoms with Gasteiger partial charge >= 0.3 is 0 Å². The number of benzene rings is 2. The SMILES string of the molecule is C.Nc1ccccc1-c1nnc(-c2ccccc2N)nn1. The van der Waals surface area contributed by atoms with Crippen LogP contribution < -0.4 is 11.5 Å². The molecule has 0 bridgehead atoms. The molecule has 0 saturated heterocycles. The topological polar surface area (TPSA) is 104 Å². The van der Waals surface area contributed by atoms with Crippen molar-refractivity contribution in [2.45, 2.75) is 7.43 Å². The summed E-state index contributed by atoms with van der Waals surface area (Å²) in [6.07, 6.45) is 0. The highest BCUT2D eigenvalue weighted by Crippen LogP contribution is 2.23. The van der Waals surface area contributed by atoms with Gasteiger partial charge < -0.3 is 11.5 Å². The van der Waals surface area contributed by atoms with Crippen LogP contribution in [0.3, 0.4) is 0 Å². The Bertz CT molecular complexity index is 675. The molecule has 6 heteroatoms. The van der Waals surface area contributed by atoms with Crippen LogP contribution in [0.15, 0.2) is 48.5 Å². The molecule has 0 atom stereocenters. The largest absolute Gasteiger partial charge is 0.398 e. The summed E-state index contributed by atoms with van der Waals surface area (Å²) >= 11 is 0. The van der Waals surface area contributed by atoms with Gasteiger partial charge in [-0.1, -0.05) is 31.7 Å². The van der Waals surface area contributed by atoms with Crippen LogP contribution in [-0.2, 0) is 0 Å². The maximum atomic E-state index is 5.87. The molecule has 0 aliphatic carbocycles. The maximum absolute atomic E-state index is 5.87. The van der Waals surface area contributed by atoms with E-state index in [-0.39, 0.29) is 7.43 Å². The molecule has 3 aromatic rings. The third-order valence-electron chi connectivity index (χ3n) is 2.88. The number of nitrogen functional groups attached to an aromatic ring is 2. The van der Waals surface area contributed by atoms with Crippen LogP contribution in [-0.4, -0.2) is 20.4 Å². The van der Waals surface area contributed by atoms with Crippen molar-refractivity contribution >= 4 is 11.4 Å². The van der Waals surface area contributed by atoms with Gasteiger partial charge in [0.05, 0.1) is 0 Å². The van der Waals surface area contributed by atoms with Crippen molar-refractivity contribution in [3.05, 3.63) is 48.5 Å². The Morgan fingerprint density at radius 2 is 0.905 bits per heavy atom. The number of rotatable bonds is 2. The average Bonchev–Trinajstić information content (AvgIpc) is 2.49. The Kier molecular flexibility index (Phi) is 4.08. The fraction of sp³-hybridized carbons (Fsp3) is 0.0667. The van der Waals surface area contributed by atoms with Crippen molar-refractivity contribution < 1.29 is 0 Å². The molecule has 0 aliphatic rings. The molecule has 0 spiro atoms. The zero-order valence-electron chi connectivity index (χ0n) is 10.6. The van der Waals surface area contributed by atoms with Crippen LogP contribution in [0, 0.1) is 0 Å². The molecule has 3 rings (SSSR count). The quantitative estimate of drug-likeness (QED) is 0.698. The number of nitrogens with two attached hydrogens (primary N) is 2. The molecule has 1 aromatic heterocycles. The molecule has 106 valence electrons. The van der Waals surface area contributed by atoms with E-state index in [0.29, 0.717) is 34.2 Å². The Hall–Kier alpha value is -3.02. The molecule has 2 aromatic carbocycles. The van der Waals surface area contributed by atoms with Crippen molar-refractivity contribution in [3.63, 3.8) is 0 Å². The predicted molar refractivity (Wildman–Crippen MR) is 84.0 cm³/mol. The van der Waals surface area contributed by atoms with E-state index < -0.39 is 0 Å². The molecule has 21 heavy (non-hydrogen) atoms. The second kappa shape index (κ2) is 5.96. The maximum Gasteiger partial charge on any atom is 0.205 e. The molecule has 4 N–H and O–H groups in total. The van der Waals surface area contributed by atoms with E-state index >= 15 is 0 Å². The van der Waals surface area contributed by atoms with Crippen molar-refractivity contribution in [3.8, 4) is 22.8 Å². The number of anilines is 2. The highest BCUT2D eigenvalue weighted by atomic mass is 15.3. The minimum Gasteiger partial charge on any atom is -0.398 e. The third kappa shape index (κ3) is 2.79. The summed E-state index contributed by atoms with van der Waals surface area (Å²) in [5.74, 6) is 0.780. The Balaban J connectivity index is 0.00000161. The highest BCUT2D eigenvalue weighted by Gasteiger charge is 2.10. The van der Waals surface area contributed by atoms with E-state index in [1.165, 1.54) is 0 Å². The van der Waals surface area contributed by atoms with Gasteiger partial charge in [0.2, 0.25) is 11.6 Å². The fourth-order valence-corrected chi connectivity index (χ4v) is 1.85. The van der Waals surface area contributed by atoms with Gasteiger partial charge in [0.25, 0.3) is 0 Å². The lowest BCUT2D eigenvalue weighted by molar-refractivity contribution is 0.877. The van der Waals surface area contributed by atoms with Gasteiger partial charge in [-0.2, -0.15) is 0 Å². The van der Waals surface area contributed by atoms with Gasteiger partial charge in [0.15, 0.2) is 0 Å². The van der Waals surface area contributed by atoms with Crippen molar-refractivity contribution in [2.24, 2.45) is 0 Å². The normalized spacial score (nSPS) is 9.90. The number of hydrogen-bond donors (Lipinski definition) is 2. The molecular weight excluding hydrogens is 264 g/mol. The first-order valence-corrected chi connectivity index (χ1v) is 6.03. The molecular formula is C15H16N6. The first-order chi connectivity index (χ1) is 9.75. The molecule has 6 nitrogen and oxygen atoms in total. The molecule has 0 saturated carbocycles. The van der Waals surface area contributed by atoms with Crippen LogP contribution in [0.2, 0.25) is 0 Å². The number of hydrogen-bond acceptors (Lipinski definition) is 6. The van der Waals surface area contributed by atoms with E-state index in [4.69, 9.17) is 11.5 Å². The Morgan fingerprint density at radius 1 is 0.571 bits per heavy atom. The number of para-hydroxylation sites is 2. The van der Waals surface area contributed by atoms with Crippen LogP contribution in [0.1, 0.15) is 7.43 Å². The lowest BCUT2D eigenvalue weighted by Gasteiger charge is -2.04. The van der Waals surface area contributed by atoms with Gasteiger partial charge in [0, 0.05) is 22.5 Å². The Labute approximate surface area is 122 Å². The van der Waals surface area contributed by atoms with Gasteiger partial charge in [0.1, 0.15) is 0 Å². The number of aromatic nitrogens is 4. The van der Waals surface area contributed by atoms with Gasteiger partial charge in [-0.3, -0.25) is 0 Å². The summed E-state index contributed by atoms with van der Waals surface area (Å²) in [4.78, 5) is 0. The lowest BCUT2D eigenvalue weighted by Crippen LogP contribution is -2.02. The molecule has 0 amide bonds. The van der Waals surface area contributed by atoms with Gasteiger partial charge in [-0.05, 0) is 24.3 Å². The fourth-order valence-electron chi connectivity index (χ4n) is 1.85. The summed E-state index contributed by atoms with van der Waals surface area (Å²) in [7, 11) is 0. The molecule has 1 heterocycles. The minimum absolute atomic E-state index is 0. The van der Waals surface area contributed by atoms with Crippen molar-refractivity contribution in [1.29, 1.82) is 0 Å². The zero-order chi connectivity index (χ0) is 13.9. The molecule has 0 fully saturated rings. The smallest absolute Gasteiger partial charge is 0.205 e. The second-order valence-electron chi connectivity index (χ2n) is 4.22. The minimum atomic E-state index is 0. The van der Waals surface area contributed by atoms with Gasteiger partial charge in [-0.15, -0.1) is 20.4 Å². The molecule has 0 aliphatic heterocycles. The van der Waals surface area contributed by atoms with Crippen LogP contribution in [0.5, 0.6) is 0 Å². The van der Waals surface area contributed by atoms with E-state index in [1.807, 2.05) is 36.4 Å². The van der Waals surface area contributed by atoms with E-state index in [2.05, 4.69) is 20.4 Å².